The number of carbonyl (C=O) groups is 1. The van der Waals surface area contributed by atoms with Crippen LogP contribution in [0.5, 0.6) is 0 Å². The summed E-state index contributed by atoms with van der Waals surface area (Å²) >= 11 is 1.56. The standard InChI is InChI=1S/C23H27N5OS/c1-18-6-2-3-8-21(18)28-14-12-27(13-15-28)16-22-26-20(17-30-22)23(29)25-11-9-19-7-4-5-10-24-19/h2-8,10,17H,9,11-16H2,1H3,(H,25,29). The highest BCUT2D eigenvalue weighted by atomic mass is 32.1. The Bertz CT molecular complexity index is 966. The second kappa shape index (κ2) is 9.82. The first-order chi connectivity index (χ1) is 14.7. The third-order valence-corrected chi connectivity index (χ3v) is 6.20. The van der Waals surface area contributed by atoms with Gasteiger partial charge in [0.2, 0.25) is 0 Å². The van der Waals surface area contributed by atoms with Crippen molar-refractivity contribution in [1.82, 2.24) is 20.2 Å². The van der Waals surface area contributed by atoms with Crippen LogP contribution in [0.3, 0.4) is 0 Å². The van der Waals surface area contributed by atoms with Gasteiger partial charge in [-0.25, -0.2) is 4.98 Å². The van der Waals surface area contributed by atoms with E-state index in [4.69, 9.17) is 0 Å². The molecule has 0 radical (unpaired) electrons. The van der Waals surface area contributed by atoms with Crippen molar-refractivity contribution in [3.05, 3.63) is 76.0 Å². The molecule has 1 saturated heterocycles. The summed E-state index contributed by atoms with van der Waals surface area (Å²) in [5, 5.41) is 5.79. The molecule has 1 fully saturated rings. The number of hydrogen-bond donors (Lipinski definition) is 1. The van der Waals surface area contributed by atoms with Gasteiger partial charge in [-0.15, -0.1) is 11.3 Å². The van der Waals surface area contributed by atoms with Crippen molar-refractivity contribution in [1.29, 1.82) is 0 Å². The van der Waals surface area contributed by atoms with Crippen LogP contribution in [-0.4, -0.2) is 53.5 Å². The van der Waals surface area contributed by atoms with E-state index in [0.29, 0.717) is 12.2 Å². The predicted molar refractivity (Wildman–Crippen MR) is 121 cm³/mol. The zero-order chi connectivity index (χ0) is 20.8. The number of nitrogens with zero attached hydrogens (tertiary/aromatic N) is 4. The molecule has 0 unspecified atom stereocenters. The number of thiazole rings is 1. The van der Waals surface area contributed by atoms with E-state index in [-0.39, 0.29) is 5.91 Å². The van der Waals surface area contributed by atoms with Gasteiger partial charge in [0.15, 0.2) is 0 Å². The highest BCUT2D eigenvalue weighted by Crippen LogP contribution is 2.21. The Hall–Kier alpha value is -2.77. The van der Waals surface area contributed by atoms with Crippen LogP contribution in [0.4, 0.5) is 5.69 Å². The topological polar surface area (TPSA) is 61.4 Å². The molecule has 4 rings (SSSR count). The number of nitrogens with one attached hydrogen (secondary N) is 1. The fourth-order valence-electron chi connectivity index (χ4n) is 3.68. The quantitative estimate of drug-likeness (QED) is 0.635. The van der Waals surface area contributed by atoms with Crippen LogP contribution in [0.2, 0.25) is 0 Å². The zero-order valence-electron chi connectivity index (χ0n) is 17.3. The average Bonchev–Trinajstić information content (AvgIpc) is 3.24. The van der Waals surface area contributed by atoms with Gasteiger partial charge in [-0.2, -0.15) is 0 Å². The lowest BCUT2D eigenvalue weighted by molar-refractivity contribution is 0.0949. The molecule has 1 amide bonds. The van der Waals surface area contributed by atoms with Crippen LogP contribution in [-0.2, 0) is 13.0 Å². The molecule has 0 aliphatic carbocycles. The minimum Gasteiger partial charge on any atom is -0.369 e. The van der Waals surface area contributed by atoms with Gasteiger partial charge in [0.05, 0.1) is 6.54 Å². The van der Waals surface area contributed by atoms with Crippen molar-refractivity contribution in [2.45, 2.75) is 19.9 Å². The molecule has 6 nitrogen and oxygen atoms in total. The third-order valence-electron chi connectivity index (χ3n) is 5.36. The molecular weight excluding hydrogens is 394 g/mol. The SMILES string of the molecule is Cc1ccccc1N1CCN(Cc2nc(C(=O)NCCc3ccccn3)cs2)CC1. The normalized spacial score (nSPS) is 14.6. The summed E-state index contributed by atoms with van der Waals surface area (Å²) in [6.45, 7) is 7.55. The monoisotopic (exact) mass is 421 g/mol. The third kappa shape index (κ3) is 5.23. The summed E-state index contributed by atoms with van der Waals surface area (Å²) in [5.41, 5.74) is 4.14. The summed E-state index contributed by atoms with van der Waals surface area (Å²) in [4.78, 5) is 26.1. The van der Waals surface area contributed by atoms with E-state index in [1.807, 2.05) is 23.6 Å². The van der Waals surface area contributed by atoms with Crippen LogP contribution < -0.4 is 10.2 Å². The lowest BCUT2D eigenvalue weighted by Gasteiger charge is -2.36. The molecule has 0 bridgehead atoms. The molecule has 0 saturated carbocycles. The number of carbonyl (C=O) groups excluding carboxylic acids is 1. The van der Waals surface area contributed by atoms with Crippen LogP contribution in [0.25, 0.3) is 0 Å². The molecule has 1 aromatic carbocycles. The fraction of sp³-hybridized carbons (Fsp3) is 0.348. The number of pyridine rings is 1. The van der Waals surface area contributed by atoms with Crippen molar-refractivity contribution >= 4 is 22.9 Å². The summed E-state index contributed by atoms with van der Waals surface area (Å²) in [5.74, 6) is -0.113. The van der Waals surface area contributed by atoms with Crippen LogP contribution in [0.15, 0.2) is 54.0 Å². The van der Waals surface area contributed by atoms with Gasteiger partial charge in [-0.1, -0.05) is 24.3 Å². The second-order valence-electron chi connectivity index (χ2n) is 7.50. The Morgan fingerprint density at radius 1 is 1.10 bits per heavy atom. The number of anilines is 1. The first-order valence-electron chi connectivity index (χ1n) is 10.3. The minimum atomic E-state index is -0.113. The van der Waals surface area contributed by atoms with Crippen LogP contribution in [0, 0.1) is 6.92 Å². The predicted octanol–water partition coefficient (Wildman–Crippen LogP) is 3.14. The van der Waals surface area contributed by atoms with Gasteiger partial charge in [0, 0.05) is 62.1 Å². The van der Waals surface area contributed by atoms with Crippen molar-refractivity contribution in [2.24, 2.45) is 0 Å². The van der Waals surface area contributed by atoms with E-state index in [1.165, 1.54) is 11.3 Å². The van der Waals surface area contributed by atoms with E-state index < -0.39 is 0 Å². The Labute approximate surface area is 181 Å². The van der Waals surface area contributed by atoms with Crippen molar-refractivity contribution < 1.29 is 4.79 Å². The van der Waals surface area contributed by atoms with Gasteiger partial charge >= 0.3 is 0 Å². The lowest BCUT2D eigenvalue weighted by atomic mass is 10.1. The average molecular weight is 422 g/mol. The summed E-state index contributed by atoms with van der Waals surface area (Å²) in [7, 11) is 0. The maximum atomic E-state index is 12.4. The molecule has 30 heavy (non-hydrogen) atoms. The lowest BCUT2D eigenvalue weighted by Crippen LogP contribution is -2.46. The Morgan fingerprint density at radius 2 is 1.90 bits per heavy atom. The fourth-order valence-corrected chi connectivity index (χ4v) is 4.50. The van der Waals surface area contributed by atoms with Gasteiger partial charge < -0.3 is 10.2 Å². The minimum absolute atomic E-state index is 0.113. The zero-order valence-corrected chi connectivity index (χ0v) is 18.1. The van der Waals surface area contributed by atoms with Crippen molar-refractivity contribution in [3.63, 3.8) is 0 Å². The highest BCUT2D eigenvalue weighted by molar-refractivity contribution is 7.09. The van der Waals surface area contributed by atoms with Gasteiger partial charge in [0.1, 0.15) is 10.7 Å². The molecule has 2 aromatic heterocycles. The van der Waals surface area contributed by atoms with Gasteiger partial charge in [0.25, 0.3) is 5.91 Å². The number of piperazine rings is 1. The van der Waals surface area contributed by atoms with E-state index in [1.54, 1.807) is 17.5 Å². The van der Waals surface area contributed by atoms with Gasteiger partial charge in [-0.05, 0) is 30.7 Å². The highest BCUT2D eigenvalue weighted by Gasteiger charge is 2.20. The summed E-state index contributed by atoms with van der Waals surface area (Å²) in [6.07, 6.45) is 2.49. The van der Waals surface area contributed by atoms with Crippen LogP contribution in [0.1, 0.15) is 26.8 Å². The maximum Gasteiger partial charge on any atom is 0.270 e. The first-order valence-corrected chi connectivity index (χ1v) is 11.2. The maximum absolute atomic E-state index is 12.4. The van der Waals surface area contributed by atoms with E-state index in [9.17, 15) is 4.79 Å². The molecule has 156 valence electrons. The Kier molecular flexibility index (Phi) is 6.71. The summed E-state index contributed by atoms with van der Waals surface area (Å²) < 4.78 is 0. The molecule has 7 heteroatoms. The summed E-state index contributed by atoms with van der Waals surface area (Å²) in [6, 6.07) is 14.4. The van der Waals surface area contributed by atoms with Crippen molar-refractivity contribution in [3.8, 4) is 0 Å². The molecule has 0 spiro atoms. The Balaban J connectivity index is 1.24. The molecule has 0 atom stereocenters. The number of aryl methyl sites for hydroxylation is 1. The van der Waals surface area contributed by atoms with E-state index in [0.717, 1.165) is 49.8 Å². The molecule has 1 aliphatic rings. The van der Waals surface area contributed by atoms with E-state index in [2.05, 4.69) is 56.3 Å². The number of benzene rings is 1. The van der Waals surface area contributed by atoms with Crippen LogP contribution >= 0.6 is 11.3 Å². The smallest absolute Gasteiger partial charge is 0.270 e. The first kappa shape index (κ1) is 20.5. The van der Waals surface area contributed by atoms with Crippen molar-refractivity contribution in [2.75, 3.05) is 37.6 Å². The number of aromatic nitrogens is 2. The molecule has 1 aliphatic heterocycles. The Morgan fingerprint density at radius 3 is 2.67 bits per heavy atom. The van der Waals surface area contributed by atoms with E-state index >= 15 is 0 Å². The van der Waals surface area contributed by atoms with Gasteiger partial charge in [-0.3, -0.25) is 14.7 Å². The number of para-hydroxylation sites is 1. The molecule has 3 heterocycles. The molecule has 3 aromatic rings. The molecular formula is C23H27N5OS. The number of hydrogen-bond acceptors (Lipinski definition) is 6. The molecule has 1 N–H and O–H groups in total. The largest absolute Gasteiger partial charge is 0.369 e. The number of amides is 1. The number of rotatable bonds is 7. The second-order valence-corrected chi connectivity index (χ2v) is 8.45.